The molecule has 0 aliphatic carbocycles. The van der Waals surface area contributed by atoms with Crippen molar-refractivity contribution in [2.45, 2.75) is 53.1 Å². The number of nitrogens with one attached hydrogen (secondary N) is 1. The van der Waals surface area contributed by atoms with E-state index >= 15 is 0 Å². The van der Waals surface area contributed by atoms with Crippen molar-refractivity contribution < 1.29 is 0 Å². The van der Waals surface area contributed by atoms with Crippen molar-refractivity contribution in [3.05, 3.63) is 27.8 Å². The van der Waals surface area contributed by atoms with Crippen molar-refractivity contribution in [2.75, 3.05) is 19.0 Å². The number of fused-ring (bicyclic) bond motifs is 1. The lowest BCUT2D eigenvalue weighted by atomic mass is 9.83. The summed E-state index contributed by atoms with van der Waals surface area (Å²) in [5, 5.41) is 3.50. The smallest absolute Gasteiger partial charge is 0.0449 e. The Morgan fingerprint density at radius 1 is 1.00 bits per heavy atom. The van der Waals surface area contributed by atoms with E-state index in [2.05, 4.69) is 58.9 Å². The molecule has 0 amide bonds. The van der Waals surface area contributed by atoms with E-state index in [0.717, 1.165) is 0 Å². The van der Waals surface area contributed by atoms with Crippen molar-refractivity contribution in [1.29, 1.82) is 0 Å². The van der Waals surface area contributed by atoms with E-state index < -0.39 is 0 Å². The fraction of sp³-hybridized carbons (Fsp3) is 0.625. The van der Waals surface area contributed by atoms with Gasteiger partial charge in [0.05, 0.1) is 0 Å². The Bertz CT molecular complexity index is 450. The van der Waals surface area contributed by atoms with Crippen molar-refractivity contribution in [2.24, 2.45) is 0 Å². The van der Waals surface area contributed by atoms with Crippen molar-refractivity contribution in [3.63, 3.8) is 0 Å². The first-order chi connectivity index (χ1) is 8.40. The number of nitrogens with zero attached hydrogens (tertiary/aromatic N) is 1. The van der Waals surface area contributed by atoms with Gasteiger partial charge in [0.2, 0.25) is 0 Å². The molecule has 1 N–H and O–H groups in total. The molecule has 2 heteroatoms. The second kappa shape index (κ2) is 4.58. The van der Waals surface area contributed by atoms with Crippen LogP contribution in [0.25, 0.3) is 0 Å². The predicted molar refractivity (Wildman–Crippen MR) is 79.7 cm³/mol. The third-order valence-electron chi connectivity index (χ3n) is 4.99. The predicted octanol–water partition coefficient (Wildman–Crippen LogP) is 3.41. The number of anilines is 1. The van der Waals surface area contributed by atoms with Crippen LogP contribution >= 0.6 is 0 Å². The highest BCUT2D eigenvalue weighted by Crippen LogP contribution is 2.42. The van der Waals surface area contributed by atoms with Crippen LogP contribution in [0.15, 0.2) is 0 Å². The van der Waals surface area contributed by atoms with E-state index in [0.29, 0.717) is 12.1 Å². The van der Waals surface area contributed by atoms with Gasteiger partial charge in [0, 0.05) is 24.8 Å². The summed E-state index contributed by atoms with van der Waals surface area (Å²) in [5.41, 5.74) is 8.78. The molecule has 0 saturated heterocycles. The van der Waals surface area contributed by atoms with Crippen LogP contribution in [0.4, 0.5) is 5.69 Å². The lowest BCUT2D eigenvalue weighted by molar-refractivity contribution is 0.460. The van der Waals surface area contributed by atoms with Crippen LogP contribution in [0.5, 0.6) is 0 Å². The van der Waals surface area contributed by atoms with Gasteiger partial charge in [-0.2, -0.15) is 0 Å². The second-order valence-electron chi connectivity index (χ2n) is 5.80. The topological polar surface area (TPSA) is 15.3 Å². The largest absolute Gasteiger partial charge is 0.371 e. The summed E-state index contributed by atoms with van der Waals surface area (Å²) >= 11 is 0. The molecule has 0 saturated carbocycles. The lowest BCUT2D eigenvalue weighted by Gasteiger charge is -2.41. The Kier molecular flexibility index (Phi) is 3.41. The summed E-state index contributed by atoms with van der Waals surface area (Å²) in [7, 11) is 4.31. The van der Waals surface area contributed by atoms with Crippen LogP contribution in [0, 0.1) is 27.7 Å². The molecule has 0 radical (unpaired) electrons. The molecule has 2 unspecified atom stereocenters. The van der Waals surface area contributed by atoms with Gasteiger partial charge in [-0.25, -0.2) is 0 Å². The summed E-state index contributed by atoms with van der Waals surface area (Å²) in [4.78, 5) is 2.46. The van der Waals surface area contributed by atoms with Crippen LogP contribution in [0.1, 0.15) is 47.2 Å². The van der Waals surface area contributed by atoms with E-state index in [1.807, 2.05) is 0 Å². The van der Waals surface area contributed by atoms with E-state index in [-0.39, 0.29) is 0 Å². The van der Waals surface area contributed by atoms with Gasteiger partial charge >= 0.3 is 0 Å². The zero-order valence-electron chi connectivity index (χ0n) is 12.8. The van der Waals surface area contributed by atoms with Gasteiger partial charge in [-0.3, -0.25) is 0 Å². The van der Waals surface area contributed by atoms with Gasteiger partial charge in [0.15, 0.2) is 0 Å². The van der Waals surface area contributed by atoms with Crippen molar-refractivity contribution in [1.82, 2.24) is 5.32 Å². The van der Waals surface area contributed by atoms with Crippen LogP contribution in [-0.2, 0) is 0 Å². The molecule has 0 bridgehead atoms. The maximum absolute atomic E-state index is 3.50. The van der Waals surface area contributed by atoms with Crippen LogP contribution < -0.4 is 10.2 Å². The maximum Gasteiger partial charge on any atom is 0.0449 e. The molecule has 1 aromatic rings. The zero-order valence-corrected chi connectivity index (χ0v) is 12.8. The summed E-state index contributed by atoms with van der Waals surface area (Å²) in [6, 6.07) is 1.08. The SMILES string of the molecule is CNC1CC(C)N(C)c2c(C)c(C)c(C)c(C)c21. The first-order valence-electron chi connectivity index (χ1n) is 6.90. The second-order valence-corrected chi connectivity index (χ2v) is 5.80. The average molecular weight is 246 g/mol. The Labute approximate surface area is 111 Å². The summed E-state index contributed by atoms with van der Waals surface area (Å²) in [6.45, 7) is 11.4. The Morgan fingerprint density at radius 3 is 2.11 bits per heavy atom. The van der Waals surface area contributed by atoms with E-state index in [1.54, 1.807) is 0 Å². The molecular formula is C16H26N2. The number of rotatable bonds is 1. The van der Waals surface area contributed by atoms with Crippen LogP contribution in [0.2, 0.25) is 0 Å². The molecule has 2 nitrogen and oxygen atoms in total. The number of benzene rings is 1. The Balaban J connectivity index is 2.76. The third-order valence-corrected chi connectivity index (χ3v) is 4.99. The standard InChI is InChI=1S/C16H26N2/c1-9-8-14(17-6)15-12(4)10(2)11(3)13(5)16(15)18(9)7/h9,14,17H,8H2,1-7H3. The molecule has 0 fully saturated rings. The highest BCUT2D eigenvalue weighted by Gasteiger charge is 2.31. The zero-order chi connectivity index (χ0) is 13.6. The Morgan fingerprint density at radius 2 is 1.56 bits per heavy atom. The highest BCUT2D eigenvalue weighted by molar-refractivity contribution is 5.69. The van der Waals surface area contributed by atoms with E-state index in [9.17, 15) is 0 Å². The first kappa shape index (κ1) is 13.4. The molecule has 2 atom stereocenters. The van der Waals surface area contributed by atoms with Crippen LogP contribution in [0.3, 0.4) is 0 Å². The lowest BCUT2D eigenvalue weighted by Crippen LogP contribution is -2.40. The normalized spacial score (nSPS) is 23.2. The monoisotopic (exact) mass is 246 g/mol. The van der Waals surface area contributed by atoms with Gasteiger partial charge < -0.3 is 10.2 Å². The molecule has 1 aliphatic heterocycles. The molecule has 0 spiro atoms. The van der Waals surface area contributed by atoms with Gasteiger partial charge in [0.25, 0.3) is 0 Å². The minimum Gasteiger partial charge on any atom is -0.371 e. The van der Waals surface area contributed by atoms with E-state index in [4.69, 9.17) is 0 Å². The van der Waals surface area contributed by atoms with Gasteiger partial charge in [-0.1, -0.05) is 0 Å². The fourth-order valence-corrected chi connectivity index (χ4v) is 3.30. The number of hydrogen-bond acceptors (Lipinski definition) is 2. The number of hydrogen-bond donors (Lipinski definition) is 1. The molecule has 1 aromatic carbocycles. The fourth-order valence-electron chi connectivity index (χ4n) is 3.30. The average Bonchev–Trinajstić information content (AvgIpc) is 2.36. The third kappa shape index (κ3) is 1.74. The van der Waals surface area contributed by atoms with Crippen LogP contribution in [-0.4, -0.2) is 20.1 Å². The van der Waals surface area contributed by atoms with Gasteiger partial charge in [0.1, 0.15) is 0 Å². The summed E-state index contributed by atoms with van der Waals surface area (Å²) in [6.07, 6.45) is 1.18. The highest BCUT2D eigenvalue weighted by atomic mass is 15.2. The van der Waals surface area contributed by atoms with Gasteiger partial charge in [-0.15, -0.1) is 0 Å². The minimum atomic E-state index is 0.490. The molecule has 1 aliphatic rings. The molecule has 18 heavy (non-hydrogen) atoms. The molecular weight excluding hydrogens is 220 g/mol. The van der Waals surface area contributed by atoms with Gasteiger partial charge in [-0.05, 0) is 75.9 Å². The molecule has 0 aromatic heterocycles. The van der Waals surface area contributed by atoms with E-state index in [1.165, 1.54) is 39.9 Å². The molecule has 100 valence electrons. The molecule has 2 rings (SSSR count). The first-order valence-corrected chi connectivity index (χ1v) is 6.90. The Hall–Kier alpha value is -1.02. The minimum absolute atomic E-state index is 0.490. The maximum atomic E-state index is 3.50. The summed E-state index contributed by atoms with van der Waals surface area (Å²) < 4.78 is 0. The molecule has 1 heterocycles. The van der Waals surface area contributed by atoms with Crippen molar-refractivity contribution >= 4 is 5.69 Å². The van der Waals surface area contributed by atoms with Crippen molar-refractivity contribution in [3.8, 4) is 0 Å². The summed E-state index contributed by atoms with van der Waals surface area (Å²) in [5.74, 6) is 0. The quantitative estimate of drug-likeness (QED) is 0.817.